The summed E-state index contributed by atoms with van der Waals surface area (Å²) in [5.74, 6) is 0. The number of nitro groups is 1. The van der Waals surface area contributed by atoms with E-state index in [0.29, 0.717) is 10.8 Å². The Labute approximate surface area is 164 Å². The van der Waals surface area contributed by atoms with E-state index in [-0.39, 0.29) is 9.79 Å². The molecule has 28 heavy (non-hydrogen) atoms. The fourth-order valence-corrected chi connectivity index (χ4v) is 5.02. The number of benzene rings is 2. The van der Waals surface area contributed by atoms with E-state index in [9.17, 15) is 18.5 Å². The Morgan fingerprint density at radius 3 is 2.57 bits per heavy atom. The van der Waals surface area contributed by atoms with Crippen LogP contribution in [0.4, 0.5) is 5.69 Å². The Morgan fingerprint density at radius 1 is 1.11 bits per heavy atom. The van der Waals surface area contributed by atoms with Crippen LogP contribution in [0.1, 0.15) is 5.56 Å². The topological polar surface area (TPSA) is 107 Å². The standard InChI is InChI=1S/C18H14N4O4S2/c1-11-10-16-19-20-18(21(16)13-7-4-3-6-12(11)13)27-14-8-5-9-15(28(2,25)26)17(14)22(23)24/h3-10H,1-2H3. The number of aryl methyl sites for hydroxylation is 1. The molecule has 4 aromatic rings. The maximum Gasteiger partial charge on any atom is 0.301 e. The van der Waals surface area contributed by atoms with Gasteiger partial charge in [-0.15, -0.1) is 10.2 Å². The second-order valence-corrected chi connectivity index (χ2v) is 9.25. The number of nitro benzene ring substituents is 1. The van der Waals surface area contributed by atoms with Crippen LogP contribution in [0.25, 0.3) is 16.6 Å². The van der Waals surface area contributed by atoms with Crippen LogP contribution in [-0.4, -0.2) is 34.2 Å². The third-order valence-electron chi connectivity index (χ3n) is 4.32. The minimum absolute atomic E-state index is 0.187. The van der Waals surface area contributed by atoms with Gasteiger partial charge >= 0.3 is 5.69 Å². The molecular weight excluding hydrogens is 400 g/mol. The van der Waals surface area contributed by atoms with Crippen molar-refractivity contribution in [2.45, 2.75) is 21.9 Å². The van der Waals surface area contributed by atoms with Gasteiger partial charge in [-0.05, 0) is 48.5 Å². The number of pyridine rings is 1. The average Bonchev–Trinajstić information content (AvgIpc) is 3.03. The van der Waals surface area contributed by atoms with Crippen LogP contribution in [0.3, 0.4) is 0 Å². The molecule has 0 atom stereocenters. The SMILES string of the molecule is Cc1cc2nnc(Sc3cccc(S(C)(=O)=O)c3[N+](=O)[O-])n2c2ccccc12. The van der Waals surface area contributed by atoms with Gasteiger partial charge < -0.3 is 0 Å². The van der Waals surface area contributed by atoms with Crippen LogP contribution in [0, 0.1) is 17.0 Å². The first kappa shape index (κ1) is 18.4. The molecule has 10 heteroatoms. The summed E-state index contributed by atoms with van der Waals surface area (Å²) in [6, 6.07) is 13.8. The number of hydrogen-bond donors (Lipinski definition) is 0. The molecule has 0 aliphatic rings. The van der Waals surface area contributed by atoms with Crippen LogP contribution in [0.5, 0.6) is 0 Å². The molecule has 0 aliphatic carbocycles. The highest BCUT2D eigenvalue weighted by atomic mass is 32.2. The van der Waals surface area contributed by atoms with Gasteiger partial charge in [0.25, 0.3) is 0 Å². The van der Waals surface area contributed by atoms with E-state index < -0.39 is 20.4 Å². The van der Waals surface area contributed by atoms with Crippen LogP contribution < -0.4 is 0 Å². The molecule has 0 bridgehead atoms. The zero-order valence-electron chi connectivity index (χ0n) is 14.9. The number of fused-ring (bicyclic) bond motifs is 3. The van der Waals surface area contributed by atoms with Gasteiger partial charge in [-0.1, -0.05) is 24.3 Å². The van der Waals surface area contributed by atoms with Crippen molar-refractivity contribution in [2.75, 3.05) is 6.26 Å². The molecular formula is C18H14N4O4S2. The Bertz CT molecular complexity index is 1360. The molecule has 142 valence electrons. The lowest BCUT2D eigenvalue weighted by Gasteiger charge is -2.08. The average molecular weight is 414 g/mol. The minimum atomic E-state index is -3.76. The van der Waals surface area contributed by atoms with Crippen LogP contribution in [0.2, 0.25) is 0 Å². The first-order valence-corrected chi connectivity index (χ1v) is 10.9. The van der Waals surface area contributed by atoms with Crippen molar-refractivity contribution in [3.05, 3.63) is 64.2 Å². The summed E-state index contributed by atoms with van der Waals surface area (Å²) in [6.07, 6.45) is 0.951. The second-order valence-electron chi connectivity index (χ2n) is 6.25. The first-order chi connectivity index (χ1) is 13.3. The van der Waals surface area contributed by atoms with E-state index in [1.807, 2.05) is 41.7 Å². The number of rotatable bonds is 4. The van der Waals surface area contributed by atoms with Crippen LogP contribution in [0.15, 0.2) is 63.5 Å². The van der Waals surface area contributed by atoms with Crippen molar-refractivity contribution in [1.82, 2.24) is 14.6 Å². The summed E-state index contributed by atoms with van der Waals surface area (Å²) in [5, 5.41) is 21.4. The van der Waals surface area contributed by atoms with Gasteiger partial charge in [0.1, 0.15) is 4.90 Å². The van der Waals surface area contributed by atoms with Gasteiger partial charge in [-0.25, -0.2) is 8.42 Å². The Balaban J connectivity index is 1.95. The molecule has 0 amide bonds. The predicted molar refractivity (Wildman–Crippen MR) is 106 cm³/mol. The molecule has 0 saturated carbocycles. The molecule has 8 nitrogen and oxygen atoms in total. The molecule has 2 aromatic carbocycles. The van der Waals surface area contributed by atoms with E-state index in [1.165, 1.54) is 18.2 Å². The normalized spacial score (nSPS) is 11.9. The molecule has 2 heterocycles. The third kappa shape index (κ3) is 3.00. The minimum Gasteiger partial charge on any atom is -0.270 e. The van der Waals surface area contributed by atoms with Crippen molar-refractivity contribution < 1.29 is 13.3 Å². The van der Waals surface area contributed by atoms with Crippen molar-refractivity contribution in [3.8, 4) is 0 Å². The maximum atomic E-state index is 12.0. The maximum absolute atomic E-state index is 12.0. The summed E-state index contributed by atoms with van der Waals surface area (Å²) in [7, 11) is -3.76. The molecule has 0 N–H and O–H groups in total. The fourth-order valence-electron chi connectivity index (χ4n) is 3.10. The number of nitrogens with zero attached hydrogens (tertiary/aromatic N) is 4. The molecule has 0 spiro atoms. The highest BCUT2D eigenvalue weighted by Crippen LogP contribution is 2.38. The van der Waals surface area contributed by atoms with Crippen molar-refractivity contribution in [2.24, 2.45) is 0 Å². The van der Waals surface area contributed by atoms with Gasteiger partial charge in [-0.2, -0.15) is 0 Å². The van der Waals surface area contributed by atoms with Crippen LogP contribution in [-0.2, 0) is 9.84 Å². The van der Waals surface area contributed by atoms with Crippen molar-refractivity contribution >= 4 is 43.8 Å². The van der Waals surface area contributed by atoms with E-state index in [4.69, 9.17) is 0 Å². The van der Waals surface area contributed by atoms with Gasteiger partial charge in [0.2, 0.25) is 5.16 Å². The number of para-hydroxylation sites is 2. The highest BCUT2D eigenvalue weighted by Gasteiger charge is 2.27. The molecule has 0 fully saturated rings. The molecule has 0 unspecified atom stereocenters. The number of aromatic nitrogens is 3. The summed E-state index contributed by atoms with van der Waals surface area (Å²) in [4.78, 5) is 10.8. The third-order valence-corrected chi connectivity index (χ3v) is 6.44. The van der Waals surface area contributed by atoms with E-state index in [1.54, 1.807) is 0 Å². The lowest BCUT2D eigenvalue weighted by molar-refractivity contribution is -0.390. The zero-order valence-corrected chi connectivity index (χ0v) is 16.5. The summed E-state index contributed by atoms with van der Waals surface area (Å²) < 4.78 is 25.8. The van der Waals surface area contributed by atoms with E-state index >= 15 is 0 Å². The van der Waals surface area contributed by atoms with E-state index in [2.05, 4.69) is 10.2 Å². The molecule has 0 saturated heterocycles. The summed E-state index contributed by atoms with van der Waals surface area (Å²) >= 11 is 1.01. The van der Waals surface area contributed by atoms with Crippen LogP contribution >= 0.6 is 11.8 Å². The molecule has 4 rings (SSSR count). The largest absolute Gasteiger partial charge is 0.301 e. The van der Waals surface area contributed by atoms with Gasteiger partial charge in [-0.3, -0.25) is 14.5 Å². The van der Waals surface area contributed by atoms with Crippen molar-refractivity contribution in [3.63, 3.8) is 0 Å². The Morgan fingerprint density at radius 2 is 1.86 bits per heavy atom. The summed E-state index contributed by atoms with van der Waals surface area (Å²) in [5.41, 5.74) is 2.06. The lowest BCUT2D eigenvalue weighted by Crippen LogP contribution is -2.04. The lowest BCUT2D eigenvalue weighted by atomic mass is 10.1. The smallest absolute Gasteiger partial charge is 0.270 e. The first-order valence-electron chi connectivity index (χ1n) is 8.16. The van der Waals surface area contributed by atoms with Gasteiger partial charge in [0.15, 0.2) is 15.5 Å². The molecule has 2 aromatic heterocycles. The Hall–Kier alpha value is -2.98. The monoisotopic (exact) mass is 414 g/mol. The zero-order chi connectivity index (χ0) is 20.1. The molecule has 0 aliphatic heterocycles. The molecule has 0 radical (unpaired) electrons. The second kappa shape index (κ2) is 6.57. The van der Waals surface area contributed by atoms with Gasteiger partial charge in [0.05, 0.1) is 15.3 Å². The quantitative estimate of drug-likeness (QED) is 0.370. The van der Waals surface area contributed by atoms with E-state index in [0.717, 1.165) is 34.5 Å². The van der Waals surface area contributed by atoms with Gasteiger partial charge in [0, 0.05) is 11.6 Å². The number of hydrogen-bond acceptors (Lipinski definition) is 7. The van der Waals surface area contributed by atoms with Crippen molar-refractivity contribution in [1.29, 1.82) is 0 Å². The Kier molecular flexibility index (Phi) is 4.31. The fraction of sp³-hybridized carbons (Fsp3) is 0.111. The predicted octanol–water partition coefficient (Wildman–Crippen LogP) is 3.65. The highest BCUT2D eigenvalue weighted by molar-refractivity contribution is 7.99. The number of sulfone groups is 1. The summed E-state index contributed by atoms with van der Waals surface area (Å²) in [6.45, 7) is 1.98.